The maximum absolute atomic E-state index is 12.1. The van der Waals surface area contributed by atoms with Gasteiger partial charge in [0.15, 0.2) is 5.96 Å². The highest BCUT2D eigenvalue weighted by molar-refractivity contribution is 7.10. The second-order valence-electron chi connectivity index (χ2n) is 7.68. The van der Waals surface area contributed by atoms with Crippen molar-refractivity contribution in [3.05, 3.63) is 58.3 Å². The Labute approximate surface area is 189 Å². The molecule has 0 bridgehead atoms. The molecule has 8 heteroatoms. The van der Waals surface area contributed by atoms with Crippen molar-refractivity contribution in [2.24, 2.45) is 4.99 Å². The number of amides is 1. The van der Waals surface area contributed by atoms with E-state index in [4.69, 9.17) is 4.74 Å². The van der Waals surface area contributed by atoms with E-state index >= 15 is 0 Å². The molecule has 168 valence electrons. The minimum Gasteiger partial charge on any atom is -0.379 e. The molecule has 1 amide bonds. The van der Waals surface area contributed by atoms with Crippen LogP contribution < -0.4 is 10.6 Å². The van der Waals surface area contributed by atoms with Gasteiger partial charge in [0.25, 0.3) is 0 Å². The van der Waals surface area contributed by atoms with E-state index in [9.17, 15) is 4.79 Å². The van der Waals surface area contributed by atoms with Crippen LogP contribution in [0.4, 0.5) is 0 Å². The van der Waals surface area contributed by atoms with E-state index in [2.05, 4.69) is 50.2 Å². The van der Waals surface area contributed by atoms with Crippen molar-refractivity contribution in [1.29, 1.82) is 0 Å². The Morgan fingerprint density at radius 2 is 1.94 bits per heavy atom. The van der Waals surface area contributed by atoms with Crippen LogP contribution in [0.25, 0.3) is 0 Å². The summed E-state index contributed by atoms with van der Waals surface area (Å²) in [5, 5.41) is 8.99. The van der Waals surface area contributed by atoms with Crippen LogP contribution in [0.2, 0.25) is 0 Å². The van der Waals surface area contributed by atoms with Gasteiger partial charge in [0.05, 0.1) is 19.3 Å². The van der Waals surface area contributed by atoms with Crippen LogP contribution in [0.3, 0.4) is 0 Å². The van der Waals surface area contributed by atoms with Gasteiger partial charge in [-0.3, -0.25) is 9.69 Å². The van der Waals surface area contributed by atoms with Gasteiger partial charge in [-0.15, -0.1) is 11.3 Å². The van der Waals surface area contributed by atoms with E-state index in [1.54, 1.807) is 30.3 Å². The second kappa shape index (κ2) is 12.4. The molecule has 7 nitrogen and oxygen atoms in total. The third-order valence-electron chi connectivity index (χ3n) is 5.24. The van der Waals surface area contributed by atoms with Gasteiger partial charge in [0.1, 0.15) is 6.54 Å². The van der Waals surface area contributed by atoms with Crippen LogP contribution in [0.15, 0.2) is 52.8 Å². The topological polar surface area (TPSA) is 69.2 Å². The molecule has 0 aliphatic carbocycles. The number of nitrogens with zero attached hydrogens (tertiary/aromatic N) is 3. The maximum Gasteiger partial charge on any atom is 0.243 e. The van der Waals surface area contributed by atoms with Gasteiger partial charge in [0, 0.05) is 45.2 Å². The number of carbonyl (C=O) groups is 1. The van der Waals surface area contributed by atoms with E-state index in [1.807, 2.05) is 18.2 Å². The first-order valence-electron chi connectivity index (χ1n) is 10.7. The Morgan fingerprint density at radius 3 is 2.61 bits per heavy atom. The Morgan fingerprint density at radius 1 is 1.16 bits per heavy atom. The average Bonchev–Trinajstić information content (AvgIpc) is 3.33. The van der Waals surface area contributed by atoms with E-state index in [0.717, 1.165) is 39.3 Å². The lowest BCUT2D eigenvalue weighted by atomic mass is 10.1. The Hall–Kier alpha value is -2.42. The Balaban J connectivity index is 1.63. The normalized spacial score (nSPS) is 16.0. The summed E-state index contributed by atoms with van der Waals surface area (Å²) >= 11 is 1.77. The molecule has 1 aromatic heterocycles. The molecular weight excluding hydrogens is 410 g/mol. The van der Waals surface area contributed by atoms with Crippen molar-refractivity contribution in [2.45, 2.75) is 12.5 Å². The third kappa shape index (κ3) is 7.65. The van der Waals surface area contributed by atoms with Crippen LogP contribution in [0.1, 0.15) is 16.5 Å². The molecule has 2 N–H and O–H groups in total. The number of nitrogens with one attached hydrogen (secondary N) is 2. The van der Waals surface area contributed by atoms with Gasteiger partial charge < -0.3 is 20.3 Å². The van der Waals surface area contributed by atoms with Gasteiger partial charge in [-0.2, -0.15) is 0 Å². The zero-order valence-corrected chi connectivity index (χ0v) is 19.2. The summed E-state index contributed by atoms with van der Waals surface area (Å²) in [7, 11) is 3.50. The van der Waals surface area contributed by atoms with Crippen molar-refractivity contribution in [3.8, 4) is 0 Å². The summed E-state index contributed by atoms with van der Waals surface area (Å²) in [6, 6.07) is 14.9. The van der Waals surface area contributed by atoms with Crippen LogP contribution in [0.5, 0.6) is 0 Å². The molecule has 1 saturated heterocycles. The highest BCUT2D eigenvalue weighted by Gasteiger charge is 2.23. The summed E-state index contributed by atoms with van der Waals surface area (Å²) in [5.41, 5.74) is 1.27. The Bertz CT molecular complexity index is 805. The number of carbonyl (C=O) groups excluding carboxylic acids is 1. The number of thiophene rings is 1. The molecule has 0 spiro atoms. The molecule has 1 aromatic carbocycles. The van der Waals surface area contributed by atoms with E-state index in [1.165, 1.54) is 10.4 Å². The molecular formula is C23H33N5O2S. The summed E-state index contributed by atoms with van der Waals surface area (Å²) in [5.74, 6) is 0.646. The number of hydrogen-bond donors (Lipinski definition) is 2. The largest absolute Gasteiger partial charge is 0.379 e. The molecule has 1 aliphatic rings. The zero-order chi connectivity index (χ0) is 21.9. The van der Waals surface area contributed by atoms with Crippen LogP contribution in [-0.4, -0.2) is 81.7 Å². The van der Waals surface area contributed by atoms with Gasteiger partial charge in [-0.1, -0.05) is 36.4 Å². The molecule has 1 unspecified atom stereocenters. The first-order valence-corrected chi connectivity index (χ1v) is 11.6. The van der Waals surface area contributed by atoms with Gasteiger partial charge in [-0.05, 0) is 23.4 Å². The molecule has 31 heavy (non-hydrogen) atoms. The highest BCUT2D eigenvalue weighted by Crippen LogP contribution is 2.25. The van der Waals surface area contributed by atoms with E-state index < -0.39 is 0 Å². The fourth-order valence-corrected chi connectivity index (χ4v) is 4.27. The lowest BCUT2D eigenvalue weighted by Gasteiger charge is -2.34. The number of aliphatic imine (C=N–C) groups is 1. The Kier molecular flexibility index (Phi) is 9.33. The number of guanidine groups is 1. The lowest BCUT2D eigenvalue weighted by Crippen LogP contribution is -2.46. The number of likely N-dealkylation sites (N-methyl/N-ethyl adjacent to an activating group) is 1. The van der Waals surface area contributed by atoms with Crippen LogP contribution in [0, 0.1) is 0 Å². The first-order chi connectivity index (χ1) is 15.1. The second-order valence-corrected chi connectivity index (χ2v) is 8.66. The summed E-state index contributed by atoms with van der Waals surface area (Å²) in [4.78, 5) is 21.9. The van der Waals surface area contributed by atoms with Crippen molar-refractivity contribution < 1.29 is 9.53 Å². The fraction of sp³-hybridized carbons (Fsp3) is 0.478. The number of rotatable bonds is 9. The van der Waals surface area contributed by atoms with Crippen molar-refractivity contribution in [3.63, 3.8) is 0 Å². The molecule has 3 rings (SSSR count). The number of benzene rings is 1. The fourth-order valence-electron chi connectivity index (χ4n) is 3.41. The maximum atomic E-state index is 12.1. The summed E-state index contributed by atoms with van der Waals surface area (Å²) in [6.07, 6.45) is 0.890. The predicted molar refractivity (Wildman–Crippen MR) is 127 cm³/mol. The third-order valence-corrected chi connectivity index (χ3v) is 6.21. The number of morpholine rings is 1. The summed E-state index contributed by atoms with van der Waals surface area (Å²) in [6.45, 7) is 4.93. The number of hydrogen-bond acceptors (Lipinski definition) is 5. The molecule has 1 aliphatic heterocycles. The van der Waals surface area contributed by atoms with Gasteiger partial charge >= 0.3 is 0 Å². The van der Waals surface area contributed by atoms with Crippen molar-refractivity contribution in [2.75, 3.05) is 60.0 Å². The molecule has 1 fully saturated rings. The quantitative estimate of drug-likeness (QED) is 0.458. The smallest absolute Gasteiger partial charge is 0.243 e. The monoisotopic (exact) mass is 443 g/mol. The summed E-state index contributed by atoms with van der Waals surface area (Å²) < 4.78 is 5.54. The first kappa shape index (κ1) is 23.2. The lowest BCUT2D eigenvalue weighted by molar-refractivity contribution is -0.127. The zero-order valence-electron chi connectivity index (χ0n) is 18.4. The van der Waals surface area contributed by atoms with Gasteiger partial charge in [-0.25, -0.2) is 4.99 Å². The minimum absolute atomic E-state index is 0.0212. The minimum atomic E-state index is -0.0212. The molecule has 2 heterocycles. The predicted octanol–water partition coefficient (Wildman–Crippen LogP) is 1.99. The molecule has 0 radical (unpaired) electrons. The molecule has 1 atom stereocenters. The highest BCUT2D eigenvalue weighted by atomic mass is 32.1. The standard InChI is InChI=1S/C23H33N5O2S/c1-27(2)22(29)18-26-23(24-11-10-19-7-4-3-5-8-19)25-17-20(21-9-6-16-31-21)28-12-14-30-15-13-28/h3-9,16,20H,10-15,17-18H2,1-2H3,(H2,24,25,26). The molecule has 0 saturated carbocycles. The van der Waals surface area contributed by atoms with E-state index in [-0.39, 0.29) is 18.5 Å². The van der Waals surface area contributed by atoms with Crippen LogP contribution in [-0.2, 0) is 16.0 Å². The number of ether oxygens (including phenoxy) is 1. The van der Waals surface area contributed by atoms with Crippen molar-refractivity contribution >= 4 is 23.2 Å². The van der Waals surface area contributed by atoms with Crippen molar-refractivity contribution in [1.82, 2.24) is 20.4 Å². The van der Waals surface area contributed by atoms with Gasteiger partial charge in [0.2, 0.25) is 5.91 Å². The molecule has 2 aromatic rings. The van der Waals surface area contributed by atoms with Crippen LogP contribution >= 0.6 is 11.3 Å². The SMILES string of the molecule is CN(C)C(=O)CN=C(NCCc1ccccc1)NCC(c1cccs1)N1CCOCC1. The average molecular weight is 444 g/mol. The van der Waals surface area contributed by atoms with E-state index in [0.29, 0.717) is 12.5 Å².